The quantitative estimate of drug-likeness (QED) is 0.663. The standard InChI is InChI=1S/C9H18N2O2/c1-2-9(12)10-3-4-11-5-7-13-8-6-11/h2-8H2,1H3,(H,10,12). The molecule has 0 spiro atoms. The largest absolute Gasteiger partial charge is 0.379 e. The fraction of sp³-hybridized carbons (Fsp3) is 0.889. The third kappa shape index (κ3) is 4.24. The van der Waals surface area contributed by atoms with Crippen molar-refractivity contribution in [3.8, 4) is 0 Å². The average molecular weight is 186 g/mol. The highest BCUT2D eigenvalue weighted by Crippen LogP contribution is 1.94. The number of ether oxygens (including phenoxy) is 1. The number of morpholine rings is 1. The minimum atomic E-state index is 0.133. The van der Waals surface area contributed by atoms with Gasteiger partial charge in [0.15, 0.2) is 0 Å². The van der Waals surface area contributed by atoms with Crippen LogP contribution in [-0.4, -0.2) is 50.2 Å². The van der Waals surface area contributed by atoms with Gasteiger partial charge in [-0.15, -0.1) is 0 Å². The van der Waals surface area contributed by atoms with Gasteiger partial charge < -0.3 is 10.1 Å². The van der Waals surface area contributed by atoms with Crippen LogP contribution in [-0.2, 0) is 9.53 Å². The van der Waals surface area contributed by atoms with E-state index in [9.17, 15) is 4.79 Å². The molecule has 1 amide bonds. The fourth-order valence-electron chi connectivity index (χ4n) is 1.30. The Kier molecular flexibility index (Phi) is 4.78. The molecule has 13 heavy (non-hydrogen) atoms. The van der Waals surface area contributed by atoms with Crippen LogP contribution in [0.5, 0.6) is 0 Å². The Bertz CT molecular complexity index is 156. The van der Waals surface area contributed by atoms with Crippen LogP contribution in [0.4, 0.5) is 0 Å². The predicted octanol–water partition coefficient (Wildman–Crippen LogP) is -0.155. The van der Waals surface area contributed by atoms with Gasteiger partial charge >= 0.3 is 0 Å². The Labute approximate surface area is 79.2 Å². The second-order valence-corrected chi connectivity index (χ2v) is 3.16. The Morgan fingerprint density at radius 2 is 2.15 bits per heavy atom. The van der Waals surface area contributed by atoms with E-state index in [-0.39, 0.29) is 5.91 Å². The highest BCUT2D eigenvalue weighted by molar-refractivity contribution is 5.75. The maximum Gasteiger partial charge on any atom is 0.219 e. The molecule has 4 heteroatoms. The third-order valence-electron chi connectivity index (χ3n) is 2.18. The van der Waals surface area contributed by atoms with Crippen molar-refractivity contribution >= 4 is 5.91 Å². The molecule has 0 unspecified atom stereocenters. The van der Waals surface area contributed by atoms with Crippen LogP contribution in [0.1, 0.15) is 13.3 Å². The maximum absolute atomic E-state index is 10.9. The number of carbonyl (C=O) groups excluding carboxylic acids is 1. The molecule has 1 saturated heterocycles. The lowest BCUT2D eigenvalue weighted by Crippen LogP contribution is -2.41. The first-order chi connectivity index (χ1) is 6.33. The summed E-state index contributed by atoms with van der Waals surface area (Å²) in [6.07, 6.45) is 0.573. The van der Waals surface area contributed by atoms with Crippen molar-refractivity contribution in [2.75, 3.05) is 39.4 Å². The Hall–Kier alpha value is -0.610. The lowest BCUT2D eigenvalue weighted by molar-refractivity contribution is -0.120. The smallest absolute Gasteiger partial charge is 0.219 e. The summed E-state index contributed by atoms with van der Waals surface area (Å²) in [5.74, 6) is 0.133. The van der Waals surface area contributed by atoms with Gasteiger partial charge in [0, 0.05) is 32.6 Å². The second kappa shape index (κ2) is 5.94. The fourth-order valence-corrected chi connectivity index (χ4v) is 1.30. The van der Waals surface area contributed by atoms with Gasteiger partial charge in [-0.2, -0.15) is 0 Å². The molecule has 0 aromatic rings. The Balaban J connectivity index is 2.01. The van der Waals surface area contributed by atoms with E-state index < -0.39 is 0 Å². The molecule has 0 atom stereocenters. The number of hydrogen-bond acceptors (Lipinski definition) is 3. The Morgan fingerprint density at radius 1 is 1.46 bits per heavy atom. The van der Waals surface area contributed by atoms with Gasteiger partial charge in [0.1, 0.15) is 0 Å². The minimum Gasteiger partial charge on any atom is -0.379 e. The van der Waals surface area contributed by atoms with Crippen LogP contribution in [0.25, 0.3) is 0 Å². The first kappa shape index (κ1) is 10.5. The van der Waals surface area contributed by atoms with Crippen LogP contribution in [0.2, 0.25) is 0 Å². The molecular formula is C9H18N2O2. The second-order valence-electron chi connectivity index (χ2n) is 3.16. The predicted molar refractivity (Wildman–Crippen MR) is 50.6 cm³/mol. The van der Waals surface area contributed by atoms with E-state index >= 15 is 0 Å². The molecule has 0 aliphatic carbocycles. The van der Waals surface area contributed by atoms with E-state index in [0.717, 1.165) is 39.4 Å². The van der Waals surface area contributed by atoms with Crippen LogP contribution in [0.3, 0.4) is 0 Å². The zero-order valence-electron chi connectivity index (χ0n) is 8.21. The summed E-state index contributed by atoms with van der Waals surface area (Å²) in [5.41, 5.74) is 0. The number of carbonyl (C=O) groups is 1. The molecule has 0 saturated carbocycles. The zero-order chi connectivity index (χ0) is 9.52. The van der Waals surface area contributed by atoms with E-state index in [1.807, 2.05) is 6.92 Å². The molecule has 0 radical (unpaired) electrons. The van der Waals surface area contributed by atoms with Gasteiger partial charge in [-0.25, -0.2) is 0 Å². The van der Waals surface area contributed by atoms with Crippen LogP contribution in [0, 0.1) is 0 Å². The summed E-state index contributed by atoms with van der Waals surface area (Å²) < 4.78 is 5.22. The number of amides is 1. The van der Waals surface area contributed by atoms with Crippen LogP contribution < -0.4 is 5.32 Å². The van der Waals surface area contributed by atoms with Gasteiger partial charge in [0.2, 0.25) is 5.91 Å². The van der Waals surface area contributed by atoms with Crippen molar-refractivity contribution in [1.82, 2.24) is 10.2 Å². The normalized spacial score (nSPS) is 18.5. The summed E-state index contributed by atoms with van der Waals surface area (Å²) in [7, 11) is 0. The van der Waals surface area contributed by atoms with E-state index in [0.29, 0.717) is 6.42 Å². The molecule has 1 heterocycles. The van der Waals surface area contributed by atoms with E-state index in [2.05, 4.69) is 10.2 Å². The van der Waals surface area contributed by atoms with Gasteiger partial charge in [-0.1, -0.05) is 6.92 Å². The SMILES string of the molecule is CCC(=O)NCCN1CCOCC1. The molecule has 1 aliphatic heterocycles. The molecule has 0 bridgehead atoms. The molecule has 76 valence electrons. The molecular weight excluding hydrogens is 168 g/mol. The van der Waals surface area contributed by atoms with E-state index in [4.69, 9.17) is 4.74 Å². The van der Waals surface area contributed by atoms with Crippen LogP contribution in [0.15, 0.2) is 0 Å². The highest BCUT2D eigenvalue weighted by Gasteiger charge is 2.09. The number of rotatable bonds is 4. The summed E-state index contributed by atoms with van der Waals surface area (Å²) >= 11 is 0. The average Bonchev–Trinajstić information content (AvgIpc) is 2.19. The van der Waals surface area contributed by atoms with Gasteiger partial charge in [-0.3, -0.25) is 9.69 Å². The highest BCUT2D eigenvalue weighted by atomic mass is 16.5. The molecule has 1 rings (SSSR count). The molecule has 0 aromatic carbocycles. The Morgan fingerprint density at radius 3 is 2.77 bits per heavy atom. The molecule has 0 aromatic heterocycles. The van der Waals surface area contributed by atoms with E-state index in [1.165, 1.54) is 0 Å². The zero-order valence-corrected chi connectivity index (χ0v) is 8.21. The number of nitrogens with one attached hydrogen (secondary N) is 1. The van der Waals surface area contributed by atoms with Gasteiger partial charge in [0.25, 0.3) is 0 Å². The lowest BCUT2D eigenvalue weighted by Gasteiger charge is -2.26. The summed E-state index contributed by atoms with van der Waals surface area (Å²) in [5, 5.41) is 2.86. The summed E-state index contributed by atoms with van der Waals surface area (Å²) in [6, 6.07) is 0. The monoisotopic (exact) mass is 186 g/mol. The third-order valence-corrected chi connectivity index (χ3v) is 2.18. The van der Waals surface area contributed by atoms with Gasteiger partial charge in [0.05, 0.1) is 13.2 Å². The van der Waals surface area contributed by atoms with Crippen molar-refractivity contribution in [1.29, 1.82) is 0 Å². The summed E-state index contributed by atoms with van der Waals surface area (Å²) in [6.45, 7) is 7.18. The van der Waals surface area contributed by atoms with Crippen molar-refractivity contribution in [2.24, 2.45) is 0 Å². The minimum absolute atomic E-state index is 0.133. The number of nitrogens with zero attached hydrogens (tertiary/aromatic N) is 1. The van der Waals surface area contributed by atoms with E-state index in [1.54, 1.807) is 0 Å². The van der Waals surface area contributed by atoms with Crippen molar-refractivity contribution in [2.45, 2.75) is 13.3 Å². The van der Waals surface area contributed by atoms with Crippen LogP contribution >= 0.6 is 0 Å². The first-order valence-electron chi connectivity index (χ1n) is 4.89. The number of hydrogen-bond donors (Lipinski definition) is 1. The van der Waals surface area contributed by atoms with Crippen molar-refractivity contribution in [3.05, 3.63) is 0 Å². The molecule has 4 nitrogen and oxygen atoms in total. The van der Waals surface area contributed by atoms with Crippen molar-refractivity contribution < 1.29 is 9.53 Å². The lowest BCUT2D eigenvalue weighted by atomic mass is 10.4. The maximum atomic E-state index is 10.9. The van der Waals surface area contributed by atoms with Crippen molar-refractivity contribution in [3.63, 3.8) is 0 Å². The molecule has 1 fully saturated rings. The topological polar surface area (TPSA) is 41.6 Å². The van der Waals surface area contributed by atoms with Gasteiger partial charge in [-0.05, 0) is 0 Å². The molecule has 1 N–H and O–H groups in total. The molecule has 1 aliphatic rings. The first-order valence-corrected chi connectivity index (χ1v) is 4.89. The summed E-state index contributed by atoms with van der Waals surface area (Å²) in [4.78, 5) is 13.2.